The highest BCUT2D eigenvalue weighted by atomic mass is 35.5. The maximum atomic E-state index is 11.4. The molecule has 0 radical (unpaired) electrons. The number of halogens is 1. The standard InChI is InChI=1S/C10H14ClNO2S2/c1-10(2,3)14-8(13)6-15-5-7-4-12-9(11)16-7/h4H,5-6H2,1-3H3. The Bertz CT molecular complexity index is 360. The Kier molecular flexibility index (Phi) is 5.08. The van der Waals surface area contributed by atoms with E-state index in [-0.39, 0.29) is 5.97 Å². The first-order chi connectivity index (χ1) is 7.37. The number of carbonyl (C=O) groups excluding carboxylic acids is 1. The van der Waals surface area contributed by atoms with Crippen molar-refractivity contribution in [1.82, 2.24) is 4.98 Å². The summed E-state index contributed by atoms with van der Waals surface area (Å²) >= 11 is 8.64. The summed E-state index contributed by atoms with van der Waals surface area (Å²) in [6, 6.07) is 0. The summed E-state index contributed by atoms with van der Waals surface area (Å²) in [5.74, 6) is 0.907. The van der Waals surface area contributed by atoms with Crippen LogP contribution in [0.1, 0.15) is 25.6 Å². The lowest BCUT2D eigenvalue weighted by atomic mass is 10.2. The van der Waals surface area contributed by atoms with Crippen molar-refractivity contribution < 1.29 is 9.53 Å². The lowest BCUT2D eigenvalue weighted by molar-refractivity contribution is -0.151. The molecule has 0 aliphatic carbocycles. The van der Waals surface area contributed by atoms with E-state index in [0.29, 0.717) is 10.2 Å². The number of nitrogens with zero attached hydrogens (tertiary/aromatic N) is 1. The van der Waals surface area contributed by atoms with Gasteiger partial charge in [-0.05, 0) is 20.8 Å². The van der Waals surface area contributed by atoms with E-state index in [2.05, 4.69) is 4.98 Å². The molecular formula is C10H14ClNO2S2. The fourth-order valence-corrected chi connectivity index (χ4v) is 2.82. The predicted molar refractivity (Wildman–Crippen MR) is 69.1 cm³/mol. The second-order valence-electron chi connectivity index (χ2n) is 4.16. The van der Waals surface area contributed by atoms with E-state index in [9.17, 15) is 4.79 Å². The Morgan fingerprint density at radius 3 is 2.81 bits per heavy atom. The highest BCUT2D eigenvalue weighted by Crippen LogP contribution is 2.22. The Morgan fingerprint density at radius 2 is 2.31 bits per heavy atom. The van der Waals surface area contributed by atoms with Crippen LogP contribution < -0.4 is 0 Å². The van der Waals surface area contributed by atoms with Crippen LogP contribution in [0.15, 0.2) is 6.20 Å². The molecule has 0 spiro atoms. The summed E-state index contributed by atoms with van der Waals surface area (Å²) in [6.45, 7) is 5.58. The predicted octanol–water partition coefficient (Wildman–Crippen LogP) is 3.37. The van der Waals surface area contributed by atoms with E-state index in [1.54, 1.807) is 6.20 Å². The van der Waals surface area contributed by atoms with Crippen molar-refractivity contribution in [3.63, 3.8) is 0 Å². The van der Waals surface area contributed by atoms with Crippen LogP contribution in [-0.2, 0) is 15.3 Å². The lowest BCUT2D eigenvalue weighted by Crippen LogP contribution is -2.24. The molecule has 0 fully saturated rings. The van der Waals surface area contributed by atoms with Crippen molar-refractivity contribution in [2.45, 2.75) is 32.1 Å². The Balaban J connectivity index is 2.23. The van der Waals surface area contributed by atoms with Crippen LogP contribution in [0.25, 0.3) is 0 Å². The molecule has 0 bridgehead atoms. The molecule has 1 aromatic heterocycles. The average molecular weight is 280 g/mol. The molecule has 0 atom stereocenters. The molecule has 0 saturated carbocycles. The van der Waals surface area contributed by atoms with E-state index in [1.807, 2.05) is 20.8 Å². The molecular weight excluding hydrogens is 266 g/mol. The van der Waals surface area contributed by atoms with Crippen LogP contribution in [-0.4, -0.2) is 22.3 Å². The second kappa shape index (κ2) is 5.89. The van der Waals surface area contributed by atoms with E-state index in [4.69, 9.17) is 16.3 Å². The molecule has 90 valence electrons. The van der Waals surface area contributed by atoms with Gasteiger partial charge in [0, 0.05) is 16.8 Å². The van der Waals surface area contributed by atoms with E-state index in [0.717, 1.165) is 10.6 Å². The molecule has 3 nitrogen and oxygen atoms in total. The van der Waals surface area contributed by atoms with Gasteiger partial charge in [-0.25, -0.2) is 4.98 Å². The zero-order valence-corrected chi connectivity index (χ0v) is 11.8. The van der Waals surface area contributed by atoms with Gasteiger partial charge >= 0.3 is 5.97 Å². The van der Waals surface area contributed by atoms with Crippen molar-refractivity contribution in [3.8, 4) is 0 Å². The topological polar surface area (TPSA) is 39.2 Å². The molecule has 6 heteroatoms. The first-order valence-electron chi connectivity index (χ1n) is 4.76. The molecule has 1 heterocycles. The van der Waals surface area contributed by atoms with Gasteiger partial charge < -0.3 is 4.74 Å². The van der Waals surface area contributed by atoms with E-state index in [1.165, 1.54) is 23.1 Å². The molecule has 0 saturated heterocycles. The van der Waals surface area contributed by atoms with Crippen LogP contribution in [0.5, 0.6) is 0 Å². The van der Waals surface area contributed by atoms with Crippen molar-refractivity contribution in [2.75, 3.05) is 5.75 Å². The van der Waals surface area contributed by atoms with Crippen LogP contribution in [0.2, 0.25) is 4.47 Å². The van der Waals surface area contributed by atoms with Gasteiger partial charge in [-0.15, -0.1) is 23.1 Å². The van der Waals surface area contributed by atoms with Gasteiger partial charge in [0.05, 0.1) is 5.75 Å². The van der Waals surface area contributed by atoms with Crippen molar-refractivity contribution in [2.24, 2.45) is 0 Å². The smallest absolute Gasteiger partial charge is 0.316 e. The number of carbonyl (C=O) groups is 1. The Labute approximate surface area is 109 Å². The number of hydrogen-bond donors (Lipinski definition) is 0. The molecule has 1 rings (SSSR count). The van der Waals surface area contributed by atoms with Gasteiger partial charge in [0.1, 0.15) is 5.60 Å². The van der Waals surface area contributed by atoms with Gasteiger partial charge in [0.2, 0.25) is 0 Å². The number of thiazole rings is 1. The van der Waals surface area contributed by atoms with Gasteiger partial charge in [-0.3, -0.25) is 4.79 Å². The fraction of sp³-hybridized carbons (Fsp3) is 0.600. The third-order valence-electron chi connectivity index (χ3n) is 1.41. The molecule has 0 aliphatic rings. The number of thioether (sulfide) groups is 1. The lowest BCUT2D eigenvalue weighted by Gasteiger charge is -2.19. The van der Waals surface area contributed by atoms with Gasteiger partial charge in [-0.1, -0.05) is 11.6 Å². The van der Waals surface area contributed by atoms with Gasteiger partial charge in [-0.2, -0.15) is 0 Å². The maximum Gasteiger partial charge on any atom is 0.316 e. The number of hydrogen-bond acceptors (Lipinski definition) is 5. The molecule has 0 aliphatic heterocycles. The summed E-state index contributed by atoms with van der Waals surface area (Å²) < 4.78 is 5.72. The van der Waals surface area contributed by atoms with Gasteiger partial charge in [0.15, 0.2) is 4.47 Å². The van der Waals surface area contributed by atoms with Crippen molar-refractivity contribution in [1.29, 1.82) is 0 Å². The van der Waals surface area contributed by atoms with Gasteiger partial charge in [0.25, 0.3) is 0 Å². The summed E-state index contributed by atoms with van der Waals surface area (Å²) in [6.07, 6.45) is 1.73. The fourth-order valence-electron chi connectivity index (χ4n) is 0.956. The summed E-state index contributed by atoms with van der Waals surface area (Å²) in [5, 5.41) is 0. The second-order valence-corrected chi connectivity index (χ2v) is 6.84. The highest BCUT2D eigenvalue weighted by Gasteiger charge is 2.15. The summed E-state index contributed by atoms with van der Waals surface area (Å²) in [4.78, 5) is 16.4. The van der Waals surface area contributed by atoms with Crippen LogP contribution >= 0.6 is 34.7 Å². The number of ether oxygens (including phenoxy) is 1. The molecule has 0 amide bonds. The highest BCUT2D eigenvalue weighted by molar-refractivity contribution is 7.99. The number of aromatic nitrogens is 1. The minimum atomic E-state index is -0.411. The molecule has 0 unspecified atom stereocenters. The molecule has 0 N–H and O–H groups in total. The van der Waals surface area contributed by atoms with Crippen LogP contribution in [0.4, 0.5) is 0 Å². The molecule has 1 aromatic rings. The normalized spacial score (nSPS) is 11.5. The monoisotopic (exact) mass is 279 g/mol. The first-order valence-corrected chi connectivity index (χ1v) is 7.11. The largest absolute Gasteiger partial charge is 0.459 e. The zero-order valence-electron chi connectivity index (χ0n) is 9.45. The zero-order chi connectivity index (χ0) is 12.2. The van der Waals surface area contributed by atoms with E-state index >= 15 is 0 Å². The molecule has 0 aromatic carbocycles. The Hall–Kier alpha value is -0.260. The number of rotatable bonds is 4. The minimum absolute atomic E-state index is 0.187. The number of esters is 1. The van der Waals surface area contributed by atoms with Crippen LogP contribution in [0, 0.1) is 0 Å². The summed E-state index contributed by atoms with van der Waals surface area (Å²) in [5.41, 5.74) is -0.411. The minimum Gasteiger partial charge on any atom is -0.459 e. The third kappa shape index (κ3) is 5.72. The average Bonchev–Trinajstić information content (AvgIpc) is 2.48. The maximum absolute atomic E-state index is 11.4. The quantitative estimate of drug-likeness (QED) is 0.792. The van der Waals surface area contributed by atoms with Crippen molar-refractivity contribution >= 4 is 40.7 Å². The summed E-state index contributed by atoms with van der Waals surface area (Å²) in [7, 11) is 0. The first kappa shape index (κ1) is 13.8. The van der Waals surface area contributed by atoms with Crippen LogP contribution in [0.3, 0.4) is 0 Å². The SMILES string of the molecule is CC(C)(C)OC(=O)CSCc1cnc(Cl)s1. The van der Waals surface area contributed by atoms with E-state index < -0.39 is 5.60 Å². The Morgan fingerprint density at radius 1 is 1.62 bits per heavy atom. The van der Waals surface area contributed by atoms with Crippen molar-refractivity contribution in [3.05, 3.63) is 15.5 Å². The molecule has 16 heavy (non-hydrogen) atoms. The third-order valence-corrected chi connectivity index (χ3v) is 3.66.